The summed E-state index contributed by atoms with van der Waals surface area (Å²) in [6, 6.07) is 0. The second kappa shape index (κ2) is 54.0. The number of carbonyl (C=O) groups is 3. The molecule has 0 saturated carbocycles. The van der Waals surface area contributed by atoms with Crippen LogP contribution in [0.3, 0.4) is 0 Å². The Kier molecular flexibility index (Phi) is 52.7. The van der Waals surface area contributed by atoms with E-state index in [1.165, 1.54) is 238 Å². The van der Waals surface area contributed by atoms with E-state index in [2.05, 4.69) is 20.8 Å². The van der Waals surface area contributed by atoms with Crippen LogP contribution in [0.15, 0.2) is 0 Å². The molecule has 0 saturated heterocycles. The summed E-state index contributed by atoms with van der Waals surface area (Å²) in [4.78, 5) is 37.9. The van der Waals surface area contributed by atoms with Crippen LogP contribution in [0, 0.1) is 0 Å². The minimum Gasteiger partial charge on any atom is -0.462 e. The van der Waals surface area contributed by atoms with E-state index in [1.54, 1.807) is 0 Å². The lowest BCUT2D eigenvalue weighted by Crippen LogP contribution is -2.30. The second-order valence-electron chi connectivity index (χ2n) is 19.9. The Labute approximate surface area is 399 Å². The summed E-state index contributed by atoms with van der Waals surface area (Å²) in [5.41, 5.74) is 0. The van der Waals surface area contributed by atoms with Crippen molar-refractivity contribution < 1.29 is 28.6 Å². The van der Waals surface area contributed by atoms with Gasteiger partial charge in [0.15, 0.2) is 6.10 Å². The molecule has 0 fully saturated rings. The average Bonchev–Trinajstić information content (AvgIpc) is 3.29. The highest BCUT2D eigenvalue weighted by molar-refractivity contribution is 5.71. The van der Waals surface area contributed by atoms with Gasteiger partial charge in [0, 0.05) is 19.3 Å². The van der Waals surface area contributed by atoms with Gasteiger partial charge in [-0.05, 0) is 19.3 Å². The molecule has 380 valence electrons. The quantitative estimate of drug-likeness (QED) is 0.0344. The molecule has 0 aromatic carbocycles. The molecule has 0 aliphatic rings. The molecule has 6 heteroatoms. The third kappa shape index (κ3) is 51.4. The first-order valence-corrected chi connectivity index (χ1v) is 29.0. The van der Waals surface area contributed by atoms with Crippen LogP contribution in [0.5, 0.6) is 0 Å². The molecular weight excluding hydrogens is 793 g/mol. The summed E-state index contributed by atoms with van der Waals surface area (Å²) in [6.07, 6.45) is 59.9. The molecule has 6 nitrogen and oxygen atoms in total. The first-order valence-electron chi connectivity index (χ1n) is 29.0. The number of rotatable bonds is 54. The van der Waals surface area contributed by atoms with Crippen molar-refractivity contribution in [1.29, 1.82) is 0 Å². The van der Waals surface area contributed by atoms with Gasteiger partial charge in [-0.25, -0.2) is 0 Å². The van der Waals surface area contributed by atoms with Gasteiger partial charge in [-0.15, -0.1) is 0 Å². The molecule has 0 heterocycles. The number of esters is 3. The van der Waals surface area contributed by atoms with E-state index >= 15 is 0 Å². The van der Waals surface area contributed by atoms with Crippen molar-refractivity contribution in [3.63, 3.8) is 0 Å². The van der Waals surface area contributed by atoms with Gasteiger partial charge in [-0.1, -0.05) is 297 Å². The highest BCUT2D eigenvalue weighted by Crippen LogP contribution is 2.18. The van der Waals surface area contributed by atoms with Crippen LogP contribution in [0.1, 0.15) is 335 Å². The molecule has 64 heavy (non-hydrogen) atoms. The maximum absolute atomic E-state index is 12.7. The van der Waals surface area contributed by atoms with Crippen LogP contribution in [0.4, 0.5) is 0 Å². The molecule has 0 aromatic heterocycles. The van der Waals surface area contributed by atoms with Gasteiger partial charge in [-0.2, -0.15) is 0 Å². The normalized spacial score (nSPS) is 11.9. The van der Waals surface area contributed by atoms with Crippen LogP contribution < -0.4 is 0 Å². The van der Waals surface area contributed by atoms with Crippen LogP contribution in [0.25, 0.3) is 0 Å². The van der Waals surface area contributed by atoms with Crippen LogP contribution >= 0.6 is 0 Å². The molecule has 0 N–H and O–H groups in total. The second-order valence-corrected chi connectivity index (χ2v) is 19.9. The standard InChI is InChI=1S/C58H112O6/c1-4-7-10-13-16-19-21-22-23-24-25-26-27-28-29-30-31-32-33-34-35-36-37-40-42-45-48-51-57(60)63-54-55(53-62-56(59)50-47-44-41-38-18-15-12-9-6-3)64-58(61)52-49-46-43-39-20-17-14-11-8-5-2/h55H,4-54H2,1-3H3. The van der Waals surface area contributed by atoms with Crippen molar-refractivity contribution in [1.82, 2.24) is 0 Å². The van der Waals surface area contributed by atoms with Gasteiger partial charge >= 0.3 is 17.9 Å². The lowest BCUT2D eigenvalue weighted by atomic mass is 10.0. The first-order chi connectivity index (χ1) is 31.5. The predicted molar refractivity (Wildman–Crippen MR) is 275 cm³/mol. The van der Waals surface area contributed by atoms with Crippen molar-refractivity contribution in [2.24, 2.45) is 0 Å². The maximum atomic E-state index is 12.7. The minimum atomic E-state index is -0.759. The van der Waals surface area contributed by atoms with E-state index in [0.717, 1.165) is 57.8 Å². The fourth-order valence-corrected chi connectivity index (χ4v) is 8.98. The molecule has 0 aliphatic carbocycles. The monoisotopic (exact) mass is 905 g/mol. The van der Waals surface area contributed by atoms with Crippen molar-refractivity contribution in [3.8, 4) is 0 Å². The lowest BCUT2D eigenvalue weighted by Gasteiger charge is -2.18. The van der Waals surface area contributed by atoms with E-state index in [9.17, 15) is 14.4 Å². The molecule has 0 bridgehead atoms. The van der Waals surface area contributed by atoms with E-state index in [-0.39, 0.29) is 31.1 Å². The van der Waals surface area contributed by atoms with Crippen LogP contribution in [-0.4, -0.2) is 37.2 Å². The summed E-state index contributed by atoms with van der Waals surface area (Å²) in [5.74, 6) is -0.844. The van der Waals surface area contributed by atoms with Crippen LogP contribution in [0.2, 0.25) is 0 Å². The summed E-state index contributed by atoms with van der Waals surface area (Å²) in [7, 11) is 0. The zero-order valence-electron chi connectivity index (χ0n) is 43.6. The van der Waals surface area contributed by atoms with Gasteiger partial charge in [-0.3, -0.25) is 14.4 Å². The highest BCUT2D eigenvalue weighted by Gasteiger charge is 2.19. The Morgan fingerprint density at radius 1 is 0.250 bits per heavy atom. The molecule has 0 rings (SSSR count). The Balaban J connectivity index is 3.99. The van der Waals surface area contributed by atoms with Crippen molar-refractivity contribution in [3.05, 3.63) is 0 Å². The Bertz CT molecular complexity index is 951. The maximum Gasteiger partial charge on any atom is 0.306 e. The van der Waals surface area contributed by atoms with Gasteiger partial charge < -0.3 is 14.2 Å². The number of hydrogen-bond acceptors (Lipinski definition) is 6. The summed E-state index contributed by atoms with van der Waals surface area (Å²) < 4.78 is 16.8. The molecular formula is C58H112O6. The largest absolute Gasteiger partial charge is 0.462 e. The Morgan fingerprint density at radius 3 is 0.625 bits per heavy atom. The van der Waals surface area contributed by atoms with Crippen LogP contribution in [-0.2, 0) is 28.6 Å². The highest BCUT2D eigenvalue weighted by atomic mass is 16.6. The minimum absolute atomic E-state index is 0.0621. The molecule has 1 atom stereocenters. The molecule has 0 spiro atoms. The number of carbonyl (C=O) groups excluding carboxylic acids is 3. The Hall–Kier alpha value is -1.59. The SMILES string of the molecule is CCCCCCCCCCCCCCCCCCCCCCCCCCCCCC(=O)OCC(COC(=O)CCCCCCCCCCC)OC(=O)CCCCCCCCCCCC. The molecule has 0 aromatic rings. The summed E-state index contributed by atoms with van der Waals surface area (Å²) in [6.45, 7) is 6.66. The van der Waals surface area contributed by atoms with E-state index in [0.29, 0.717) is 19.3 Å². The zero-order chi connectivity index (χ0) is 46.5. The predicted octanol–water partition coefficient (Wildman–Crippen LogP) is 19.2. The smallest absolute Gasteiger partial charge is 0.306 e. The van der Waals surface area contributed by atoms with E-state index < -0.39 is 6.10 Å². The first kappa shape index (κ1) is 62.4. The molecule has 1 unspecified atom stereocenters. The Morgan fingerprint density at radius 2 is 0.422 bits per heavy atom. The van der Waals surface area contributed by atoms with Gasteiger partial charge in [0.05, 0.1) is 0 Å². The lowest BCUT2D eigenvalue weighted by molar-refractivity contribution is -0.167. The van der Waals surface area contributed by atoms with Crippen molar-refractivity contribution in [2.45, 2.75) is 341 Å². The summed E-state index contributed by atoms with van der Waals surface area (Å²) >= 11 is 0. The fraction of sp³-hybridized carbons (Fsp3) is 0.948. The third-order valence-electron chi connectivity index (χ3n) is 13.4. The fourth-order valence-electron chi connectivity index (χ4n) is 8.98. The molecule has 0 aliphatic heterocycles. The van der Waals surface area contributed by atoms with Gasteiger partial charge in [0.1, 0.15) is 13.2 Å². The van der Waals surface area contributed by atoms with Crippen molar-refractivity contribution >= 4 is 17.9 Å². The van der Waals surface area contributed by atoms with E-state index in [1.807, 2.05) is 0 Å². The van der Waals surface area contributed by atoms with Gasteiger partial charge in [0.2, 0.25) is 0 Å². The number of hydrogen-bond donors (Lipinski definition) is 0. The number of ether oxygens (including phenoxy) is 3. The summed E-state index contributed by atoms with van der Waals surface area (Å²) in [5, 5.41) is 0. The number of unbranched alkanes of at least 4 members (excludes halogenated alkanes) is 43. The zero-order valence-corrected chi connectivity index (χ0v) is 43.6. The third-order valence-corrected chi connectivity index (χ3v) is 13.4. The molecule has 0 radical (unpaired) electrons. The van der Waals surface area contributed by atoms with Gasteiger partial charge in [0.25, 0.3) is 0 Å². The van der Waals surface area contributed by atoms with Crippen molar-refractivity contribution in [2.75, 3.05) is 13.2 Å². The van der Waals surface area contributed by atoms with E-state index in [4.69, 9.17) is 14.2 Å². The molecule has 0 amide bonds. The average molecular weight is 906 g/mol. The topological polar surface area (TPSA) is 78.9 Å².